The molecule has 0 aliphatic carbocycles. The number of halogens is 1. The third-order valence-electron chi connectivity index (χ3n) is 6.11. The quantitative estimate of drug-likeness (QED) is 0.406. The molecule has 8 nitrogen and oxygen atoms in total. The van der Waals surface area contributed by atoms with Gasteiger partial charge >= 0.3 is 5.69 Å². The van der Waals surface area contributed by atoms with E-state index in [1.807, 2.05) is 26.0 Å². The van der Waals surface area contributed by atoms with Crippen LogP contribution in [0.15, 0.2) is 64.2 Å². The van der Waals surface area contributed by atoms with Gasteiger partial charge in [0, 0.05) is 16.8 Å². The third kappa shape index (κ3) is 4.85. The zero-order valence-electron chi connectivity index (χ0n) is 20.4. The lowest BCUT2D eigenvalue weighted by atomic mass is 10.1. The SMILES string of the molecule is COc1cc2c(=O)n(Cc3ccccc3Cl)c(=O)n(CC(=O)Nc3ccc(C)c(C)c3)c2cc1OC. The van der Waals surface area contributed by atoms with E-state index in [0.29, 0.717) is 27.8 Å². The van der Waals surface area contributed by atoms with Crippen molar-refractivity contribution in [3.63, 3.8) is 0 Å². The maximum atomic E-state index is 13.6. The molecule has 1 aromatic heterocycles. The maximum Gasteiger partial charge on any atom is 0.332 e. The first-order chi connectivity index (χ1) is 17.2. The molecule has 1 N–H and O–H groups in total. The molecule has 186 valence electrons. The van der Waals surface area contributed by atoms with Crippen molar-refractivity contribution in [3.05, 3.63) is 97.1 Å². The summed E-state index contributed by atoms with van der Waals surface area (Å²) in [6.07, 6.45) is 0. The fraction of sp³-hybridized carbons (Fsp3) is 0.222. The van der Waals surface area contributed by atoms with Crippen LogP contribution in [-0.4, -0.2) is 29.3 Å². The number of aromatic nitrogens is 2. The van der Waals surface area contributed by atoms with E-state index in [2.05, 4.69) is 5.32 Å². The van der Waals surface area contributed by atoms with Gasteiger partial charge < -0.3 is 14.8 Å². The van der Waals surface area contributed by atoms with Crippen molar-refractivity contribution < 1.29 is 14.3 Å². The third-order valence-corrected chi connectivity index (χ3v) is 6.48. The number of methoxy groups -OCH3 is 2. The first-order valence-corrected chi connectivity index (χ1v) is 11.6. The largest absolute Gasteiger partial charge is 0.493 e. The molecular formula is C27H26ClN3O5. The average molecular weight is 508 g/mol. The van der Waals surface area contributed by atoms with Crippen molar-refractivity contribution in [1.29, 1.82) is 0 Å². The molecule has 1 heterocycles. The van der Waals surface area contributed by atoms with Crippen molar-refractivity contribution in [2.45, 2.75) is 26.9 Å². The van der Waals surface area contributed by atoms with Crippen LogP contribution >= 0.6 is 11.6 Å². The predicted molar refractivity (Wildman–Crippen MR) is 141 cm³/mol. The standard InChI is InChI=1S/C27H26ClN3O5/c1-16-9-10-19(11-17(16)2)29-25(32)15-30-22-13-24(36-4)23(35-3)12-20(22)26(33)31(27(30)34)14-18-7-5-6-8-21(18)28/h5-13H,14-15H2,1-4H3,(H,29,32). The van der Waals surface area contributed by atoms with Crippen LogP contribution in [0.2, 0.25) is 5.02 Å². The summed E-state index contributed by atoms with van der Waals surface area (Å²) in [4.78, 5) is 40.1. The van der Waals surface area contributed by atoms with Crippen LogP contribution in [0, 0.1) is 13.8 Å². The Balaban J connectivity index is 1.86. The molecule has 3 aromatic carbocycles. The number of amides is 1. The highest BCUT2D eigenvalue weighted by Gasteiger charge is 2.19. The predicted octanol–water partition coefficient (Wildman–Crippen LogP) is 4.14. The lowest BCUT2D eigenvalue weighted by Gasteiger charge is -2.17. The van der Waals surface area contributed by atoms with E-state index in [4.69, 9.17) is 21.1 Å². The van der Waals surface area contributed by atoms with Gasteiger partial charge in [-0.15, -0.1) is 0 Å². The van der Waals surface area contributed by atoms with Gasteiger partial charge in [-0.1, -0.05) is 35.9 Å². The lowest BCUT2D eigenvalue weighted by molar-refractivity contribution is -0.116. The minimum absolute atomic E-state index is 0.0552. The number of anilines is 1. The van der Waals surface area contributed by atoms with E-state index < -0.39 is 17.2 Å². The van der Waals surface area contributed by atoms with E-state index >= 15 is 0 Å². The second-order valence-corrected chi connectivity index (χ2v) is 8.83. The second kappa shape index (κ2) is 10.3. The van der Waals surface area contributed by atoms with E-state index in [0.717, 1.165) is 15.7 Å². The molecule has 0 unspecified atom stereocenters. The van der Waals surface area contributed by atoms with Crippen LogP contribution in [-0.2, 0) is 17.9 Å². The summed E-state index contributed by atoms with van der Waals surface area (Å²) in [6, 6.07) is 15.6. The van der Waals surface area contributed by atoms with Gasteiger partial charge in [0.25, 0.3) is 5.56 Å². The maximum absolute atomic E-state index is 13.6. The van der Waals surface area contributed by atoms with Crippen molar-refractivity contribution in [2.75, 3.05) is 19.5 Å². The number of hydrogen-bond donors (Lipinski definition) is 1. The summed E-state index contributed by atoms with van der Waals surface area (Å²) in [5.74, 6) is 0.242. The minimum atomic E-state index is -0.644. The number of nitrogens with zero attached hydrogens (tertiary/aromatic N) is 2. The van der Waals surface area contributed by atoms with Crippen LogP contribution < -0.4 is 26.0 Å². The number of benzene rings is 3. The molecule has 36 heavy (non-hydrogen) atoms. The highest BCUT2D eigenvalue weighted by Crippen LogP contribution is 2.30. The number of aryl methyl sites for hydroxylation is 2. The Kier molecular flexibility index (Phi) is 7.17. The lowest BCUT2D eigenvalue weighted by Crippen LogP contribution is -2.42. The normalized spacial score (nSPS) is 10.9. The highest BCUT2D eigenvalue weighted by molar-refractivity contribution is 6.31. The van der Waals surface area contributed by atoms with E-state index in [1.54, 1.807) is 30.3 Å². The first-order valence-electron chi connectivity index (χ1n) is 11.2. The van der Waals surface area contributed by atoms with Gasteiger partial charge in [-0.25, -0.2) is 4.79 Å². The molecule has 4 aromatic rings. The van der Waals surface area contributed by atoms with Crippen molar-refractivity contribution in [2.24, 2.45) is 0 Å². The molecule has 0 saturated carbocycles. The molecule has 9 heteroatoms. The highest BCUT2D eigenvalue weighted by atomic mass is 35.5. The molecule has 0 aliphatic heterocycles. The Labute approximate surface area is 212 Å². The van der Waals surface area contributed by atoms with Crippen molar-refractivity contribution in [1.82, 2.24) is 9.13 Å². The second-order valence-electron chi connectivity index (χ2n) is 8.42. The molecule has 0 atom stereocenters. The van der Waals surface area contributed by atoms with E-state index in [9.17, 15) is 14.4 Å². The number of carbonyl (C=O) groups is 1. The molecular weight excluding hydrogens is 482 g/mol. The number of carbonyl (C=O) groups excluding carboxylic acids is 1. The summed E-state index contributed by atoms with van der Waals surface area (Å²) in [6.45, 7) is 3.56. The zero-order chi connectivity index (χ0) is 26.0. The fourth-order valence-electron chi connectivity index (χ4n) is 4.00. The monoisotopic (exact) mass is 507 g/mol. The van der Waals surface area contributed by atoms with Crippen molar-refractivity contribution >= 4 is 34.1 Å². The van der Waals surface area contributed by atoms with Gasteiger partial charge in [-0.05, 0) is 54.8 Å². The van der Waals surface area contributed by atoms with Crippen LogP contribution in [0.25, 0.3) is 10.9 Å². The van der Waals surface area contributed by atoms with Crippen molar-refractivity contribution in [3.8, 4) is 11.5 Å². The Bertz CT molecular complexity index is 1590. The minimum Gasteiger partial charge on any atom is -0.493 e. The zero-order valence-corrected chi connectivity index (χ0v) is 21.2. The fourth-order valence-corrected chi connectivity index (χ4v) is 4.19. The van der Waals surface area contributed by atoms with Crippen LogP contribution in [0.1, 0.15) is 16.7 Å². The molecule has 0 fully saturated rings. The topological polar surface area (TPSA) is 91.6 Å². The van der Waals surface area contributed by atoms with Gasteiger partial charge in [0.2, 0.25) is 5.91 Å². The Hall–Kier alpha value is -4.04. The Morgan fingerprint density at radius 1 is 0.917 bits per heavy atom. The Morgan fingerprint density at radius 2 is 1.61 bits per heavy atom. The Morgan fingerprint density at radius 3 is 2.28 bits per heavy atom. The summed E-state index contributed by atoms with van der Waals surface area (Å²) in [5.41, 5.74) is 2.43. The van der Waals surface area contributed by atoms with Gasteiger partial charge in [-0.2, -0.15) is 0 Å². The molecule has 0 saturated heterocycles. The van der Waals surface area contributed by atoms with Crippen LogP contribution in [0.5, 0.6) is 11.5 Å². The summed E-state index contributed by atoms with van der Waals surface area (Å²) in [5, 5.41) is 3.46. The summed E-state index contributed by atoms with van der Waals surface area (Å²) >= 11 is 6.30. The molecule has 0 bridgehead atoms. The molecule has 0 spiro atoms. The van der Waals surface area contributed by atoms with E-state index in [-0.39, 0.29) is 24.0 Å². The number of hydrogen-bond acceptors (Lipinski definition) is 5. The smallest absolute Gasteiger partial charge is 0.332 e. The van der Waals surface area contributed by atoms with Gasteiger partial charge in [0.05, 0.1) is 31.7 Å². The molecule has 0 radical (unpaired) electrons. The van der Waals surface area contributed by atoms with E-state index in [1.165, 1.54) is 30.9 Å². The van der Waals surface area contributed by atoms with Crippen LogP contribution in [0.3, 0.4) is 0 Å². The van der Waals surface area contributed by atoms with Crippen LogP contribution in [0.4, 0.5) is 5.69 Å². The van der Waals surface area contributed by atoms with Gasteiger partial charge in [0.15, 0.2) is 11.5 Å². The van der Waals surface area contributed by atoms with Gasteiger partial charge in [0.1, 0.15) is 6.54 Å². The number of nitrogens with one attached hydrogen (secondary N) is 1. The van der Waals surface area contributed by atoms with Gasteiger partial charge in [-0.3, -0.25) is 18.7 Å². The molecule has 4 rings (SSSR count). The average Bonchev–Trinajstić information content (AvgIpc) is 2.86. The molecule has 1 amide bonds. The number of rotatable bonds is 7. The number of ether oxygens (including phenoxy) is 2. The summed E-state index contributed by atoms with van der Waals surface area (Å²) < 4.78 is 13.1. The first kappa shape index (κ1) is 25.1. The number of fused-ring (bicyclic) bond motifs is 1. The molecule has 0 aliphatic rings. The summed E-state index contributed by atoms with van der Waals surface area (Å²) in [7, 11) is 2.91.